The summed E-state index contributed by atoms with van der Waals surface area (Å²) >= 11 is 0. The molecule has 0 aliphatic heterocycles. The molecule has 0 aliphatic rings. The fraction of sp³-hybridized carbons (Fsp3) is 0.381. The average Bonchev–Trinajstić information content (AvgIpc) is 2.70. The molecule has 0 aromatic heterocycles. The molecule has 0 fully saturated rings. The van der Waals surface area contributed by atoms with Gasteiger partial charge in [-0.05, 0) is 37.1 Å². The number of carbonyl (C=O) groups is 1. The van der Waals surface area contributed by atoms with Gasteiger partial charge in [0.1, 0.15) is 11.9 Å². The molecule has 5 nitrogen and oxygen atoms in total. The van der Waals surface area contributed by atoms with E-state index in [-0.39, 0.29) is 11.9 Å². The van der Waals surface area contributed by atoms with Gasteiger partial charge in [-0.15, -0.1) is 0 Å². The molecular formula is C21H27NO4. The molecule has 2 atom stereocenters. The Hall–Kier alpha value is -2.37. The van der Waals surface area contributed by atoms with E-state index in [4.69, 9.17) is 14.2 Å². The average molecular weight is 357 g/mol. The van der Waals surface area contributed by atoms with Gasteiger partial charge in [-0.3, -0.25) is 4.79 Å². The minimum absolute atomic E-state index is 0.161. The third-order valence-corrected chi connectivity index (χ3v) is 4.04. The van der Waals surface area contributed by atoms with Crippen molar-refractivity contribution in [3.05, 3.63) is 65.7 Å². The number of amides is 1. The van der Waals surface area contributed by atoms with Crippen LogP contribution in [0.2, 0.25) is 0 Å². The molecule has 0 radical (unpaired) electrons. The molecule has 0 heterocycles. The molecule has 2 unspecified atom stereocenters. The summed E-state index contributed by atoms with van der Waals surface area (Å²) in [6, 6.07) is 17.3. The molecular weight excluding hydrogens is 330 g/mol. The highest BCUT2D eigenvalue weighted by Crippen LogP contribution is 2.24. The van der Waals surface area contributed by atoms with Crippen LogP contribution in [-0.4, -0.2) is 38.9 Å². The molecule has 2 aromatic rings. The summed E-state index contributed by atoms with van der Waals surface area (Å²) in [5, 5.41) is 3.08. The highest BCUT2D eigenvalue weighted by atomic mass is 16.5. The van der Waals surface area contributed by atoms with Crippen LogP contribution in [0.4, 0.5) is 0 Å². The van der Waals surface area contributed by atoms with E-state index in [1.807, 2.05) is 61.5 Å². The SMILES string of the molecule is CCOCCOC(C)C(=O)NC(c1ccccc1)c1ccc(OC)cc1. The number of methoxy groups -OCH3 is 1. The van der Waals surface area contributed by atoms with Gasteiger partial charge in [-0.25, -0.2) is 0 Å². The zero-order chi connectivity index (χ0) is 18.8. The van der Waals surface area contributed by atoms with Crippen molar-refractivity contribution in [3.63, 3.8) is 0 Å². The van der Waals surface area contributed by atoms with Gasteiger partial charge in [0.25, 0.3) is 0 Å². The Kier molecular flexibility index (Phi) is 8.12. The van der Waals surface area contributed by atoms with E-state index in [2.05, 4.69) is 5.32 Å². The number of nitrogens with one attached hydrogen (secondary N) is 1. The van der Waals surface area contributed by atoms with E-state index in [1.54, 1.807) is 14.0 Å². The number of ether oxygens (including phenoxy) is 3. The third-order valence-electron chi connectivity index (χ3n) is 4.04. The first-order valence-corrected chi connectivity index (χ1v) is 8.84. The van der Waals surface area contributed by atoms with E-state index in [0.29, 0.717) is 19.8 Å². The van der Waals surface area contributed by atoms with Crippen LogP contribution in [0.3, 0.4) is 0 Å². The Bertz CT molecular complexity index is 657. The maximum absolute atomic E-state index is 12.6. The van der Waals surface area contributed by atoms with Gasteiger partial charge in [0.15, 0.2) is 0 Å². The first kappa shape index (κ1) is 19.9. The number of carbonyl (C=O) groups excluding carboxylic acids is 1. The number of rotatable bonds is 10. The smallest absolute Gasteiger partial charge is 0.249 e. The van der Waals surface area contributed by atoms with Crippen molar-refractivity contribution in [2.24, 2.45) is 0 Å². The van der Waals surface area contributed by atoms with Crippen LogP contribution in [-0.2, 0) is 14.3 Å². The van der Waals surface area contributed by atoms with Gasteiger partial charge in [0.2, 0.25) is 5.91 Å². The minimum atomic E-state index is -0.556. The fourth-order valence-electron chi connectivity index (χ4n) is 2.56. The summed E-state index contributed by atoms with van der Waals surface area (Å²) in [5.41, 5.74) is 1.99. The van der Waals surface area contributed by atoms with Gasteiger partial charge in [-0.1, -0.05) is 42.5 Å². The number of hydrogen-bond acceptors (Lipinski definition) is 4. The normalized spacial score (nSPS) is 13.0. The van der Waals surface area contributed by atoms with Crippen LogP contribution in [0.5, 0.6) is 5.75 Å². The Labute approximate surface area is 155 Å². The molecule has 1 amide bonds. The molecule has 0 aliphatic carbocycles. The largest absolute Gasteiger partial charge is 0.497 e. The zero-order valence-electron chi connectivity index (χ0n) is 15.6. The van der Waals surface area contributed by atoms with Crippen LogP contribution in [0.25, 0.3) is 0 Å². The van der Waals surface area contributed by atoms with Gasteiger partial charge in [-0.2, -0.15) is 0 Å². The van der Waals surface area contributed by atoms with Crippen molar-refractivity contribution in [3.8, 4) is 5.75 Å². The molecule has 26 heavy (non-hydrogen) atoms. The third kappa shape index (κ3) is 5.86. The Morgan fingerprint density at radius 2 is 1.65 bits per heavy atom. The molecule has 2 aromatic carbocycles. The second kappa shape index (κ2) is 10.6. The zero-order valence-corrected chi connectivity index (χ0v) is 15.6. The lowest BCUT2D eigenvalue weighted by atomic mass is 9.98. The number of hydrogen-bond donors (Lipinski definition) is 1. The van der Waals surface area contributed by atoms with Gasteiger partial charge < -0.3 is 19.5 Å². The maximum Gasteiger partial charge on any atom is 0.249 e. The predicted octanol–water partition coefficient (Wildman–Crippen LogP) is 3.34. The lowest BCUT2D eigenvalue weighted by molar-refractivity contribution is -0.133. The van der Waals surface area contributed by atoms with Crippen LogP contribution in [0, 0.1) is 0 Å². The summed E-state index contributed by atoms with van der Waals surface area (Å²) in [4.78, 5) is 12.6. The van der Waals surface area contributed by atoms with E-state index >= 15 is 0 Å². The van der Waals surface area contributed by atoms with Crippen LogP contribution >= 0.6 is 0 Å². The number of benzene rings is 2. The summed E-state index contributed by atoms with van der Waals surface area (Å²) in [6.07, 6.45) is -0.556. The monoisotopic (exact) mass is 357 g/mol. The minimum Gasteiger partial charge on any atom is -0.497 e. The van der Waals surface area contributed by atoms with E-state index < -0.39 is 6.10 Å². The van der Waals surface area contributed by atoms with Crippen LogP contribution < -0.4 is 10.1 Å². The fourth-order valence-corrected chi connectivity index (χ4v) is 2.56. The molecule has 0 saturated heterocycles. The van der Waals surface area contributed by atoms with Crippen molar-refractivity contribution < 1.29 is 19.0 Å². The van der Waals surface area contributed by atoms with E-state index in [0.717, 1.165) is 16.9 Å². The molecule has 5 heteroatoms. The molecule has 1 N–H and O–H groups in total. The lowest BCUT2D eigenvalue weighted by Crippen LogP contribution is -2.38. The first-order chi connectivity index (χ1) is 12.7. The Morgan fingerprint density at radius 1 is 1.00 bits per heavy atom. The van der Waals surface area contributed by atoms with Crippen molar-refractivity contribution in [1.29, 1.82) is 0 Å². The van der Waals surface area contributed by atoms with Gasteiger partial charge >= 0.3 is 0 Å². The first-order valence-electron chi connectivity index (χ1n) is 8.84. The highest BCUT2D eigenvalue weighted by molar-refractivity contribution is 5.81. The molecule has 0 saturated carbocycles. The molecule has 2 rings (SSSR count). The van der Waals surface area contributed by atoms with Crippen molar-refractivity contribution in [1.82, 2.24) is 5.32 Å². The Balaban J connectivity index is 2.10. The van der Waals surface area contributed by atoms with Gasteiger partial charge in [0.05, 0.1) is 26.4 Å². The molecule has 0 spiro atoms. The summed E-state index contributed by atoms with van der Waals surface area (Å²) in [7, 11) is 1.63. The highest BCUT2D eigenvalue weighted by Gasteiger charge is 2.21. The van der Waals surface area contributed by atoms with Crippen molar-refractivity contribution in [2.75, 3.05) is 26.9 Å². The second-order valence-electron chi connectivity index (χ2n) is 5.84. The summed E-state index contributed by atoms with van der Waals surface area (Å²) in [6.45, 7) is 5.18. The maximum atomic E-state index is 12.6. The Morgan fingerprint density at radius 3 is 2.27 bits per heavy atom. The summed E-state index contributed by atoms with van der Waals surface area (Å²) < 4.78 is 16.0. The molecule has 0 bridgehead atoms. The van der Waals surface area contributed by atoms with Crippen molar-refractivity contribution in [2.45, 2.75) is 26.0 Å². The quantitative estimate of drug-likeness (QED) is 0.663. The molecule has 140 valence electrons. The lowest BCUT2D eigenvalue weighted by Gasteiger charge is -2.22. The standard InChI is InChI=1S/C21H27NO4/c1-4-25-14-15-26-16(2)21(23)22-20(17-8-6-5-7-9-17)18-10-12-19(24-3)13-11-18/h5-13,16,20H,4,14-15H2,1-3H3,(H,22,23). The van der Waals surface area contributed by atoms with Crippen LogP contribution in [0.1, 0.15) is 31.0 Å². The van der Waals surface area contributed by atoms with E-state index in [1.165, 1.54) is 0 Å². The van der Waals surface area contributed by atoms with Gasteiger partial charge in [0, 0.05) is 6.61 Å². The summed E-state index contributed by atoms with van der Waals surface area (Å²) in [5.74, 6) is 0.616. The second-order valence-corrected chi connectivity index (χ2v) is 5.84. The predicted molar refractivity (Wildman–Crippen MR) is 101 cm³/mol. The van der Waals surface area contributed by atoms with Crippen molar-refractivity contribution >= 4 is 5.91 Å². The van der Waals surface area contributed by atoms with E-state index in [9.17, 15) is 4.79 Å². The van der Waals surface area contributed by atoms with Crippen LogP contribution in [0.15, 0.2) is 54.6 Å². The topological polar surface area (TPSA) is 56.8 Å².